The van der Waals surface area contributed by atoms with Crippen LogP contribution in [-0.4, -0.2) is 33.5 Å². The summed E-state index contributed by atoms with van der Waals surface area (Å²) < 4.78 is 20.4. The Kier molecular flexibility index (Phi) is 5.78. The molecule has 1 aromatic carbocycles. The maximum Gasteiger partial charge on any atom is 0.192 e. The summed E-state index contributed by atoms with van der Waals surface area (Å²) in [7, 11) is 1.67. The molecule has 2 heterocycles. The highest BCUT2D eigenvalue weighted by Crippen LogP contribution is 2.35. The van der Waals surface area contributed by atoms with Gasteiger partial charge < -0.3 is 4.74 Å². The van der Waals surface area contributed by atoms with Crippen LogP contribution in [0.1, 0.15) is 17.7 Å². The van der Waals surface area contributed by atoms with Crippen molar-refractivity contribution in [3.8, 4) is 11.4 Å². The number of thioether (sulfide) groups is 1. The Morgan fingerprint density at radius 3 is 2.52 bits per heavy atom. The minimum atomic E-state index is -0.232. The average Bonchev–Trinajstić information content (AvgIpc) is 3.03. The summed E-state index contributed by atoms with van der Waals surface area (Å²) in [5.74, 6) is 0.553. The van der Waals surface area contributed by atoms with Crippen LogP contribution in [-0.2, 0) is 11.3 Å². The lowest BCUT2D eigenvalue weighted by molar-refractivity contribution is 0.185. The van der Waals surface area contributed by atoms with E-state index in [2.05, 4.69) is 22.1 Å². The van der Waals surface area contributed by atoms with Gasteiger partial charge in [0.25, 0.3) is 0 Å². The van der Waals surface area contributed by atoms with Crippen LogP contribution in [0.25, 0.3) is 11.4 Å². The predicted molar refractivity (Wildman–Crippen MR) is 95.8 cm³/mol. The highest BCUT2D eigenvalue weighted by molar-refractivity contribution is 7.99. The van der Waals surface area contributed by atoms with E-state index in [4.69, 9.17) is 4.74 Å². The number of nitrogens with zero attached hydrogens (tertiary/aromatic N) is 4. The van der Waals surface area contributed by atoms with E-state index in [0.717, 1.165) is 22.1 Å². The molecule has 0 aliphatic rings. The molecule has 0 unspecified atom stereocenters. The maximum atomic E-state index is 13.1. The van der Waals surface area contributed by atoms with Crippen LogP contribution in [0.15, 0.2) is 53.9 Å². The van der Waals surface area contributed by atoms with Gasteiger partial charge >= 0.3 is 0 Å². The molecule has 3 rings (SSSR count). The molecule has 1 atom stereocenters. The summed E-state index contributed by atoms with van der Waals surface area (Å²) in [6.45, 7) is 3.29. The van der Waals surface area contributed by atoms with Crippen LogP contribution < -0.4 is 0 Å². The molecule has 0 aliphatic heterocycles. The molecule has 0 amide bonds. The Balaban J connectivity index is 1.87. The van der Waals surface area contributed by atoms with Gasteiger partial charge in [-0.25, -0.2) is 4.39 Å². The van der Waals surface area contributed by atoms with Gasteiger partial charge in [-0.05, 0) is 36.8 Å². The molecule has 2 aromatic heterocycles. The van der Waals surface area contributed by atoms with Crippen LogP contribution in [0.4, 0.5) is 4.39 Å². The lowest BCUT2D eigenvalue weighted by Gasteiger charge is -2.13. The zero-order valence-corrected chi connectivity index (χ0v) is 14.9. The number of pyridine rings is 1. The van der Waals surface area contributed by atoms with Crippen molar-refractivity contribution in [3.63, 3.8) is 0 Å². The van der Waals surface area contributed by atoms with E-state index in [9.17, 15) is 4.39 Å². The summed E-state index contributed by atoms with van der Waals surface area (Å²) in [6, 6.07) is 10.4. The fourth-order valence-electron chi connectivity index (χ4n) is 2.43. The Hall–Kier alpha value is -2.25. The fraction of sp³-hybridized carbons (Fsp3) is 0.278. The topological polar surface area (TPSA) is 52.8 Å². The number of rotatable bonds is 7. The zero-order chi connectivity index (χ0) is 17.6. The minimum absolute atomic E-state index is 0.122. The standard InChI is InChI=1S/C18H19FN4OS/c1-13(14-3-5-16(19)6-4-14)25-18-22-21-17(23(18)11-12-24-2)15-7-9-20-10-8-15/h3-10,13H,11-12H2,1-2H3/t13-/m1/s1. The first-order valence-corrected chi connectivity index (χ1v) is 8.81. The molecular weight excluding hydrogens is 339 g/mol. The summed E-state index contributed by atoms with van der Waals surface area (Å²) in [4.78, 5) is 4.05. The second kappa shape index (κ2) is 8.22. The van der Waals surface area contributed by atoms with Gasteiger partial charge in [0, 0.05) is 30.3 Å². The second-order valence-electron chi connectivity index (χ2n) is 5.50. The molecule has 0 radical (unpaired) electrons. The third-order valence-corrected chi connectivity index (χ3v) is 4.93. The van der Waals surface area contributed by atoms with Crippen molar-refractivity contribution in [1.29, 1.82) is 0 Å². The summed E-state index contributed by atoms with van der Waals surface area (Å²) in [6.07, 6.45) is 3.47. The van der Waals surface area contributed by atoms with Gasteiger partial charge in [0.2, 0.25) is 0 Å². The Morgan fingerprint density at radius 2 is 1.84 bits per heavy atom. The second-order valence-corrected chi connectivity index (χ2v) is 6.81. The maximum absolute atomic E-state index is 13.1. The number of methoxy groups -OCH3 is 1. The summed E-state index contributed by atoms with van der Waals surface area (Å²) in [5, 5.41) is 9.63. The number of aromatic nitrogens is 4. The van der Waals surface area contributed by atoms with Gasteiger partial charge in [0.05, 0.1) is 13.2 Å². The molecular formula is C18H19FN4OS. The zero-order valence-electron chi connectivity index (χ0n) is 14.1. The van der Waals surface area contributed by atoms with Crippen molar-refractivity contribution in [2.45, 2.75) is 23.9 Å². The Morgan fingerprint density at radius 1 is 1.12 bits per heavy atom. The van der Waals surface area contributed by atoms with Gasteiger partial charge in [-0.2, -0.15) is 0 Å². The Labute approximate surface area is 150 Å². The molecule has 3 aromatic rings. The van der Waals surface area contributed by atoms with E-state index >= 15 is 0 Å². The molecule has 7 heteroatoms. The average molecular weight is 358 g/mol. The van der Waals surface area contributed by atoms with Gasteiger partial charge in [-0.1, -0.05) is 23.9 Å². The molecule has 0 N–H and O–H groups in total. The number of hydrogen-bond donors (Lipinski definition) is 0. The molecule has 0 spiro atoms. The van der Waals surface area contributed by atoms with Crippen molar-refractivity contribution in [3.05, 3.63) is 60.2 Å². The van der Waals surface area contributed by atoms with Gasteiger partial charge in [0.15, 0.2) is 11.0 Å². The lowest BCUT2D eigenvalue weighted by Crippen LogP contribution is -2.08. The van der Waals surface area contributed by atoms with E-state index in [-0.39, 0.29) is 11.1 Å². The number of ether oxygens (including phenoxy) is 1. The third kappa shape index (κ3) is 4.24. The summed E-state index contributed by atoms with van der Waals surface area (Å²) in [5.41, 5.74) is 2.00. The van der Waals surface area contributed by atoms with E-state index in [1.54, 1.807) is 43.4 Å². The third-order valence-electron chi connectivity index (χ3n) is 3.80. The predicted octanol–water partition coefficient (Wildman–Crippen LogP) is 3.98. The number of hydrogen-bond acceptors (Lipinski definition) is 5. The minimum Gasteiger partial charge on any atom is -0.383 e. The highest BCUT2D eigenvalue weighted by atomic mass is 32.2. The molecule has 0 fully saturated rings. The molecule has 5 nitrogen and oxygen atoms in total. The smallest absolute Gasteiger partial charge is 0.192 e. The van der Waals surface area contributed by atoms with Crippen molar-refractivity contribution < 1.29 is 9.13 Å². The van der Waals surface area contributed by atoms with Crippen LogP contribution in [0.2, 0.25) is 0 Å². The van der Waals surface area contributed by atoms with E-state index in [1.165, 1.54) is 12.1 Å². The fourth-order valence-corrected chi connectivity index (χ4v) is 3.44. The van der Waals surface area contributed by atoms with Crippen molar-refractivity contribution in [2.75, 3.05) is 13.7 Å². The van der Waals surface area contributed by atoms with Crippen molar-refractivity contribution in [1.82, 2.24) is 19.7 Å². The SMILES string of the molecule is COCCn1c(S[C@H](C)c2ccc(F)cc2)nnc1-c1ccncc1. The molecule has 25 heavy (non-hydrogen) atoms. The Bertz CT molecular complexity index is 808. The number of benzene rings is 1. The molecule has 0 saturated carbocycles. The van der Waals surface area contributed by atoms with E-state index in [0.29, 0.717) is 13.2 Å². The van der Waals surface area contributed by atoms with Gasteiger partial charge in [-0.15, -0.1) is 10.2 Å². The van der Waals surface area contributed by atoms with Crippen molar-refractivity contribution in [2.24, 2.45) is 0 Å². The normalized spacial score (nSPS) is 12.3. The molecule has 130 valence electrons. The van der Waals surface area contributed by atoms with Crippen LogP contribution >= 0.6 is 11.8 Å². The van der Waals surface area contributed by atoms with Crippen LogP contribution in [0.5, 0.6) is 0 Å². The largest absolute Gasteiger partial charge is 0.383 e. The summed E-state index contributed by atoms with van der Waals surface area (Å²) >= 11 is 1.59. The first-order valence-electron chi connectivity index (χ1n) is 7.93. The highest BCUT2D eigenvalue weighted by Gasteiger charge is 2.17. The van der Waals surface area contributed by atoms with E-state index < -0.39 is 0 Å². The van der Waals surface area contributed by atoms with E-state index in [1.807, 2.05) is 16.7 Å². The van der Waals surface area contributed by atoms with Crippen LogP contribution in [0, 0.1) is 5.82 Å². The first kappa shape index (κ1) is 17.6. The quantitative estimate of drug-likeness (QED) is 0.598. The molecule has 0 bridgehead atoms. The van der Waals surface area contributed by atoms with Gasteiger partial charge in [0.1, 0.15) is 5.82 Å². The molecule has 0 saturated heterocycles. The van der Waals surface area contributed by atoms with Gasteiger partial charge in [-0.3, -0.25) is 9.55 Å². The monoisotopic (exact) mass is 358 g/mol. The number of halogens is 1. The molecule has 0 aliphatic carbocycles. The van der Waals surface area contributed by atoms with Crippen LogP contribution in [0.3, 0.4) is 0 Å². The lowest BCUT2D eigenvalue weighted by atomic mass is 10.2. The van der Waals surface area contributed by atoms with Crippen molar-refractivity contribution >= 4 is 11.8 Å². The first-order chi connectivity index (χ1) is 12.2.